The van der Waals surface area contributed by atoms with E-state index in [1.54, 1.807) is 31.2 Å². The molecule has 0 fully saturated rings. The monoisotopic (exact) mass is 166 g/mol. The SMILES string of the molecule is CCC(C)=O.Oc1ccccc1. The average Bonchev–Trinajstić information content (AvgIpc) is 2.07. The molecular formula is C10H14O2. The maximum Gasteiger partial charge on any atom is 0.129 e. The molecule has 0 aliphatic heterocycles. The highest BCUT2D eigenvalue weighted by Gasteiger charge is 1.77. The lowest BCUT2D eigenvalue weighted by molar-refractivity contribution is -0.116. The van der Waals surface area contributed by atoms with E-state index in [0.717, 1.165) is 0 Å². The maximum absolute atomic E-state index is 9.81. The quantitative estimate of drug-likeness (QED) is 0.695. The van der Waals surface area contributed by atoms with Crippen LogP contribution < -0.4 is 0 Å². The Morgan fingerprint density at radius 3 is 1.92 bits per heavy atom. The van der Waals surface area contributed by atoms with E-state index in [1.807, 2.05) is 13.0 Å². The van der Waals surface area contributed by atoms with Gasteiger partial charge in [-0.25, -0.2) is 0 Å². The zero-order valence-electron chi connectivity index (χ0n) is 7.45. The van der Waals surface area contributed by atoms with Gasteiger partial charge in [0, 0.05) is 6.42 Å². The van der Waals surface area contributed by atoms with Gasteiger partial charge in [-0.3, -0.25) is 0 Å². The van der Waals surface area contributed by atoms with Gasteiger partial charge in [-0.05, 0) is 19.1 Å². The van der Waals surface area contributed by atoms with Gasteiger partial charge in [0.2, 0.25) is 0 Å². The maximum atomic E-state index is 9.81. The number of rotatable bonds is 1. The van der Waals surface area contributed by atoms with E-state index in [-0.39, 0.29) is 5.78 Å². The van der Waals surface area contributed by atoms with Crippen molar-refractivity contribution in [3.63, 3.8) is 0 Å². The number of carbonyl (C=O) groups excluding carboxylic acids is 1. The number of ketones is 1. The van der Waals surface area contributed by atoms with E-state index in [4.69, 9.17) is 5.11 Å². The summed E-state index contributed by atoms with van der Waals surface area (Å²) in [4.78, 5) is 9.81. The molecule has 0 aromatic heterocycles. The van der Waals surface area contributed by atoms with E-state index in [2.05, 4.69) is 0 Å². The highest BCUT2D eigenvalue weighted by atomic mass is 16.3. The summed E-state index contributed by atoms with van der Waals surface area (Å²) < 4.78 is 0. The van der Waals surface area contributed by atoms with Gasteiger partial charge in [0.25, 0.3) is 0 Å². The lowest BCUT2D eigenvalue weighted by atomic mass is 10.3. The van der Waals surface area contributed by atoms with Crippen LogP contribution in [0.3, 0.4) is 0 Å². The fourth-order valence-electron chi connectivity index (χ4n) is 0.428. The fraction of sp³-hybridized carbons (Fsp3) is 0.300. The third kappa shape index (κ3) is 6.81. The minimum absolute atomic E-state index is 0.255. The summed E-state index contributed by atoms with van der Waals surface area (Å²) in [5, 5.41) is 8.63. The average molecular weight is 166 g/mol. The second kappa shape index (κ2) is 6.40. The van der Waals surface area contributed by atoms with Crippen molar-refractivity contribution in [3.05, 3.63) is 30.3 Å². The molecule has 1 aromatic rings. The second-order valence-electron chi connectivity index (χ2n) is 2.39. The summed E-state index contributed by atoms with van der Waals surface area (Å²) in [7, 11) is 0. The summed E-state index contributed by atoms with van der Waals surface area (Å²) in [6, 6.07) is 8.71. The smallest absolute Gasteiger partial charge is 0.129 e. The summed E-state index contributed by atoms with van der Waals surface area (Å²) >= 11 is 0. The summed E-state index contributed by atoms with van der Waals surface area (Å²) in [6.45, 7) is 3.43. The molecule has 0 saturated heterocycles. The van der Waals surface area contributed by atoms with E-state index >= 15 is 0 Å². The van der Waals surface area contributed by atoms with Crippen LogP contribution in [0.4, 0.5) is 0 Å². The van der Waals surface area contributed by atoms with Gasteiger partial charge in [0.1, 0.15) is 11.5 Å². The number of aromatic hydroxyl groups is 1. The van der Waals surface area contributed by atoms with Crippen molar-refractivity contribution < 1.29 is 9.90 Å². The molecule has 0 amide bonds. The number of phenols is 1. The second-order valence-corrected chi connectivity index (χ2v) is 2.39. The molecule has 0 bridgehead atoms. The molecule has 0 aliphatic carbocycles. The number of Topliss-reactive ketones (excluding diaryl/α,β-unsaturated/α-hetero) is 1. The lowest BCUT2D eigenvalue weighted by Crippen LogP contribution is -1.80. The van der Waals surface area contributed by atoms with Gasteiger partial charge in [-0.1, -0.05) is 25.1 Å². The molecule has 0 radical (unpaired) electrons. The molecule has 0 heterocycles. The van der Waals surface area contributed by atoms with E-state index in [9.17, 15) is 4.79 Å². The first-order chi connectivity index (χ1) is 5.66. The molecule has 1 rings (SSSR count). The van der Waals surface area contributed by atoms with Crippen molar-refractivity contribution in [3.8, 4) is 5.75 Å². The normalized spacial score (nSPS) is 8.17. The largest absolute Gasteiger partial charge is 0.508 e. The van der Waals surface area contributed by atoms with Crippen molar-refractivity contribution in [2.24, 2.45) is 0 Å². The third-order valence-electron chi connectivity index (χ3n) is 1.25. The van der Waals surface area contributed by atoms with Gasteiger partial charge in [-0.15, -0.1) is 0 Å². The Morgan fingerprint density at radius 1 is 1.33 bits per heavy atom. The van der Waals surface area contributed by atoms with Gasteiger partial charge in [0.15, 0.2) is 0 Å². The van der Waals surface area contributed by atoms with Gasteiger partial charge in [-0.2, -0.15) is 0 Å². The van der Waals surface area contributed by atoms with Crippen LogP contribution in [0.25, 0.3) is 0 Å². The van der Waals surface area contributed by atoms with Crippen molar-refractivity contribution in [1.29, 1.82) is 0 Å². The van der Waals surface area contributed by atoms with Crippen molar-refractivity contribution in [2.75, 3.05) is 0 Å². The van der Waals surface area contributed by atoms with E-state index in [1.165, 1.54) is 0 Å². The molecule has 1 N–H and O–H groups in total. The molecule has 0 saturated carbocycles. The number of hydrogen-bond donors (Lipinski definition) is 1. The molecule has 1 aromatic carbocycles. The molecule has 0 unspecified atom stereocenters. The highest BCUT2D eigenvalue weighted by Crippen LogP contribution is 2.02. The van der Waals surface area contributed by atoms with Crippen LogP contribution in [-0.4, -0.2) is 10.9 Å². The Kier molecular flexibility index (Phi) is 5.70. The standard InChI is InChI=1S/C6H6O.C4H8O/c7-6-4-2-1-3-5-6;1-3-4(2)5/h1-5,7H;3H2,1-2H3. The molecule has 0 aliphatic rings. The Bertz CT molecular complexity index is 217. The first-order valence-corrected chi connectivity index (χ1v) is 3.90. The summed E-state index contributed by atoms with van der Waals surface area (Å²) in [5.41, 5.74) is 0. The Labute approximate surface area is 72.9 Å². The minimum atomic E-state index is 0.255. The molecule has 0 atom stereocenters. The van der Waals surface area contributed by atoms with E-state index < -0.39 is 0 Å². The first kappa shape index (κ1) is 10.7. The molecule has 12 heavy (non-hydrogen) atoms. The van der Waals surface area contributed by atoms with Crippen LogP contribution in [0.2, 0.25) is 0 Å². The number of carbonyl (C=O) groups is 1. The molecular weight excluding hydrogens is 152 g/mol. The number of benzene rings is 1. The van der Waals surface area contributed by atoms with Crippen LogP contribution in [0.5, 0.6) is 5.75 Å². The van der Waals surface area contributed by atoms with Crippen molar-refractivity contribution in [1.82, 2.24) is 0 Å². The molecule has 0 spiro atoms. The predicted molar refractivity (Wildman–Crippen MR) is 49.1 cm³/mol. The highest BCUT2D eigenvalue weighted by molar-refractivity contribution is 5.74. The van der Waals surface area contributed by atoms with Crippen LogP contribution in [0.1, 0.15) is 20.3 Å². The van der Waals surface area contributed by atoms with E-state index in [0.29, 0.717) is 12.2 Å². The van der Waals surface area contributed by atoms with Gasteiger partial charge in [0.05, 0.1) is 0 Å². The zero-order valence-corrected chi connectivity index (χ0v) is 7.45. The molecule has 2 heteroatoms. The predicted octanol–water partition coefficient (Wildman–Crippen LogP) is 2.38. The van der Waals surface area contributed by atoms with Crippen LogP contribution >= 0.6 is 0 Å². The lowest BCUT2D eigenvalue weighted by Gasteiger charge is -1.82. The summed E-state index contributed by atoms with van der Waals surface area (Å²) in [5.74, 6) is 0.576. The number of phenolic OH excluding ortho intramolecular Hbond substituents is 1. The van der Waals surface area contributed by atoms with Crippen LogP contribution in [0.15, 0.2) is 30.3 Å². The Balaban J connectivity index is 0.000000217. The number of para-hydroxylation sites is 1. The zero-order chi connectivity index (χ0) is 9.40. The van der Waals surface area contributed by atoms with Crippen LogP contribution in [-0.2, 0) is 4.79 Å². The van der Waals surface area contributed by atoms with Gasteiger partial charge < -0.3 is 9.90 Å². The van der Waals surface area contributed by atoms with Gasteiger partial charge >= 0.3 is 0 Å². The Morgan fingerprint density at radius 2 is 1.75 bits per heavy atom. The van der Waals surface area contributed by atoms with Crippen LogP contribution in [0, 0.1) is 0 Å². The fourth-order valence-corrected chi connectivity index (χ4v) is 0.428. The number of hydrogen-bond acceptors (Lipinski definition) is 2. The third-order valence-corrected chi connectivity index (χ3v) is 1.25. The van der Waals surface area contributed by atoms with Crippen molar-refractivity contribution in [2.45, 2.75) is 20.3 Å². The first-order valence-electron chi connectivity index (χ1n) is 3.90. The minimum Gasteiger partial charge on any atom is -0.508 e. The summed E-state index contributed by atoms with van der Waals surface area (Å²) in [6.07, 6.45) is 0.667. The van der Waals surface area contributed by atoms with Crippen molar-refractivity contribution >= 4 is 5.78 Å². The topological polar surface area (TPSA) is 37.3 Å². The Hall–Kier alpha value is -1.31. The molecule has 2 nitrogen and oxygen atoms in total. The molecule has 66 valence electrons.